The number of ether oxygens (including phenoxy) is 2. The van der Waals surface area contributed by atoms with Crippen LogP contribution < -0.4 is 25.0 Å². The lowest BCUT2D eigenvalue weighted by molar-refractivity contribution is 0.0976. The molecule has 2 heterocycles. The monoisotopic (exact) mass is 516 g/mol. The van der Waals surface area contributed by atoms with Crippen molar-refractivity contribution in [2.75, 3.05) is 36.5 Å². The van der Waals surface area contributed by atoms with Gasteiger partial charge < -0.3 is 19.7 Å². The third-order valence-corrected chi connectivity index (χ3v) is 6.42. The Morgan fingerprint density at radius 3 is 2.35 bits per heavy atom. The fourth-order valence-electron chi connectivity index (χ4n) is 4.22. The van der Waals surface area contributed by atoms with Gasteiger partial charge >= 0.3 is 0 Å². The predicted molar refractivity (Wildman–Crippen MR) is 148 cm³/mol. The summed E-state index contributed by atoms with van der Waals surface area (Å²) in [5.41, 5.74) is 5.61. The van der Waals surface area contributed by atoms with E-state index in [1.165, 1.54) is 5.69 Å². The molecule has 190 valence electrons. The normalized spacial score (nSPS) is 12.3. The second kappa shape index (κ2) is 10.4. The quantitative estimate of drug-likeness (QED) is 0.363. The molecule has 1 aliphatic heterocycles. The number of aromatic nitrogens is 3. The molecular weight excluding hydrogens is 488 g/mol. The van der Waals surface area contributed by atoms with E-state index in [4.69, 9.17) is 21.7 Å². The van der Waals surface area contributed by atoms with Gasteiger partial charge in [0.2, 0.25) is 0 Å². The van der Waals surface area contributed by atoms with Gasteiger partial charge in [0.15, 0.2) is 16.6 Å². The number of benzene rings is 3. The van der Waals surface area contributed by atoms with E-state index in [2.05, 4.69) is 51.7 Å². The van der Waals surface area contributed by atoms with E-state index >= 15 is 0 Å². The maximum absolute atomic E-state index is 12.7. The van der Waals surface area contributed by atoms with Gasteiger partial charge in [-0.1, -0.05) is 0 Å². The number of nitrogens with one attached hydrogen (secondary N) is 2. The third-order valence-electron chi connectivity index (χ3n) is 6.22. The standard InChI is InChI=1S/C27H28N6O3S/c1-4-32(5-2)19-7-9-20(10-8-19)33-30-22-14-17(3)21(16-23(22)31-33)28-27(37)29-26(34)18-6-11-24-25(15-18)36-13-12-35-24/h6-11,14-16H,4-5,12-13H2,1-3H3,(H2,28,29,34,37). The van der Waals surface area contributed by atoms with Crippen molar-refractivity contribution in [1.29, 1.82) is 0 Å². The van der Waals surface area contributed by atoms with Gasteiger partial charge in [-0.05, 0) is 93.1 Å². The SMILES string of the molecule is CCN(CC)c1ccc(-n2nc3cc(C)c(NC(=S)NC(=O)c4ccc5c(c4)OCCO5)cc3n2)cc1. The lowest BCUT2D eigenvalue weighted by Gasteiger charge is -2.20. The van der Waals surface area contributed by atoms with Crippen LogP contribution in [0, 0.1) is 6.92 Å². The maximum Gasteiger partial charge on any atom is 0.257 e. The molecule has 9 nitrogen and oxygen atoms in total. The van der Waals surface area contributed by atoms with Crippen molar-refractivity contribution in [2.45, 2.75) is 20.8 Å². The molecular formula is C27H28N6O3S. The minimum Gasteiger partial charge on any atom is -0.486 e. The topological polar surface area (TPSA) is 93.5 Å². The second-order valence-electron chi connectivity index (χ2n) is 8.60. The van der Waals surface area contributed by atoms with Gasteiger partial charge in [0, 0.05) is 30.0 Å². The van der Waals surface area contributed by atoms with Crippen molar-refractivity contribution in [1.82, 2.24) is 20.3 Å². The number of anilines is 2. The summed E-state index contributed by atoms with van der Waals surface area (Å²) in [5, 5.41) is 15.3. The van der Waals surface area contributed by atoms with E-state index < -0.39 is 0 Å². The van der Waals surface area contributed by atoms with Crippen LogP contribution in [0.15, 0.2) is 54.6 Å². The van der Waals surface area contributed by atoms with Gasteiger partial charge in [-0.3, -0.25) is 10.1 Å². The predicted octanol–water partition coefficient (Wildman–Crippen LogP) is 4.47. The Hall–Kier alpha value is -4.18. The van der Waals surface area contributed by atoms with Crippen LogP contribution in [0.5, 0.6) is 11.5 Å². The molecule has 0 fully saturated rings. The fraction of sp³-hybridized carbons (Fsp3) is 0.259. The molecule has 3 aromatic carbocycles. The Labute approximate surface area is 220 Å². The number of aryl methyl sites for hydroxylation is 1. The molecule has 0 aliphatic carbocycles. The Morgan fingerprint density at radius 2 is 1.65 bits per heavy atom. The highest BCUT2D eigenvalue weighted by molar-refractivity contribution is 7.80. The van der Waals surface area contributed by atoms with Gasteiger partial charge in [-0.2, -0.15) is 4.80 Å². The van der Waals surface area contributed by atoms with Gasteiger partial charge in [0.1, 0.15) is 24.2 Å². The first-order valence-electron chi connectivity index (χ1n) is 12.2. The molecule has 0 radical (unpaired) electrons. The zero-order valence-electron chi connectivity index (χ0n) is 20.9. The fourth-order valence-corrected chi connectivity index (χ4v) is 4.42. The van der Waals surface area contributed by atoms with E-state index in [1.54, 1.807) is 23.0 Å². The van der Waals surface area contributed by atoms with Crippen molar-refractivity contribution >= 4 is 45.6 Å². The van der Waals surface area contributed by atoms with Crippen LogP contribution >= 0.6 is 12.2 Å². The van der Waals surface area contributed by atoms with Gasteiger partial charge in [0.25, 0.3) is 5.91 Å². The summed E-state index contributed by atoms with van der Waals surface area (Å²) in [6.45, 7) is 9.08. The molecule has 0 atom stereocenters. The highest BCUT2D eigenvalue weighted by Crippen LogP contribution is 2.30. The summed E-state index contributed by atoms with van der Waals surface area (Å²) in [6, 6.07) is 17.1. The Balaban J connectivity index is 1.30. The molecule has 0 spiro atoms. The highest BCUT2D eigenvalue weighted by atomic mass is 32.1. The van der Waals surface area contributed by atoms with Crippen LogP contribution in [0.25, 0.3) is 16.7 Å². The minimum absolute atomic E-state index is 0.182. The molecule has 1 aromatic heterocycles. The summed E-state index contributed by atoms with van der Waals surface area (Å²) in [7, 11) is 0. The zero-order chi connectivity index (χ0) is 25.9. The first-order valence-corrected chi connectivity index (χ1v) is 12.6. The van der Waals surface area contributed by atoms with Gasteiger partial charge in [-0.25, -0.2) is 0 Å². The van der Waals surface area contributed by atoms with Crippen LogP contribution in [0.2, 0.25) is 0 Å². The van der Waals surface area contributed by atoms with E-state index in [1.807, 2.05) is 31.2 Å². The molecule has 37 heavy (non-hydrogen) atoms. The molecule has 4 aromatic rings. The molecule has 1 amide bonds. The Bertz CT molecular complexity index is 1460. The number of carbonyl (C=O) groups is 1. The average molecular weight is 517 g/mol. The number of hydrogen-bond acceptors (Lipinski definition) is 7. The first-order chi connectivity index (χ1) is 17.9. The number of thiocarbonyl (C=S) groups is 1. The van der Waals surface area contributed by atoms with Crippen LogP contribution in [0.1, 0.15) is 29.8 Å². The lowest BCUT2D eigenvalue weighted by atomic mass is 10.1. The smallest absolute Gasteiger partial charge is 0.257 e. The van der Waals surface area contributed by atoms with Gasteiger partial charge in [0.05, 0.1) is 5.69 Å². The molecule has 1 aliphatic rings. The van der Waals surface area contributed by atoms with Crippen molar-refractivity contribution in [3.8, 4) is 17.2 Å². The van der Waals surface area contributed by atoms with Crippen LogP contribution in [-0.2, 0) is 0 Å². The third kappa shape index (κ3) is 5.19. The number of nitrogens with zero attached hydrogens (tertiary/aromatic N) is 4. The first kappa shape index (κ1) is 24.5. The summed E-state index contributed by atoms with van der Waals surface area (Å²) in [4.78, 5) is 16.6. The summed E-state index contributed by atoms with van der Waals surface area (Å²) < 4.78 is 11.1. The number of hydrogen-bond donors (Lipinski definition) is 2. The summed E-state index contributed by atoms with van der Waals surface area (Å²) >= 11 is 5.41. The largest absolute Gasteiger partial charge is 0.486 e. The molecule has 0 saturated heterocycles. The molecule has 0 bridgehead atoms. The molecule has 0 unspecified atom stereocenters. The minimum atomic E-state index is -0.340. The number of fused-ring (bicyclic) bond motifs is 2. The van der Waals surface area contributed by atoms with E-state index in [0.717, 1.165) is 35.5 Å². The molecule has 10 heteroatoms. The molecule has 2 N–H and O–H groups in total. The van der Waals surface area contributed by atoms with E-state index in [0.29, 0.717) is 35.8 Å². The Kier molecular flexibility index (Phi) is 6.91. The Morgan fingerprint density at radius 1 is 0.973 bits per heavy atom. The van der Waals surface area contributed by atoms with Crippen LogP contribution in [0.3, 0.4) is 0 Å². The highest BCUT2D eigenvalue weighted by Gasteiger charge is 2.16. The second-order valence-corrected chi connectivity index (χ2v) is 9.01. The number of rotatable bonds is 6. The van der Waals surface area contributed by atoms with Crippen LogP contribution in [-0.4, -0.2) is 52.3 Å². The van der Waals surface area contributed by atoms with Crippen molar-refractivity contribution in [2.24, 2.45) is 0 Å². The average Bonchev–Trinajstić information content (AvgIpc) is 3.32. The molecule has 5 rings (SSSR count). The summed E-state index contributed by atoms with van der Waals surface area (Å²) in [6.07, 6.45) is 0. The van der Waals surface area contributed by atoms with Crippen molar-refractivity contribution in [3.05, 3.63) is 65.7 Å². The van der Waals surface area contributed by atoms with E-state index in [9.17, 15) is 4.79 Å². The maximum atomic E-state index is 12.7. The van der Waals surface area contributed by atoms with Crippen molar-refractivity contribution in [3.63, 3.8) is 0 Å². The lowest BCUT2D eigenvalue weighted by Crippen LogP contribution is -2.34. The zero-order valence-corrected chi connectivity index (χ0v) is 21.8. The summed E-state index contributed by atoms with van der Waals surface area (Å²) in [5.74, 6) is 0.831. The van der Waals surface area contributed by atoms with Crippen LogP contribution in [0.4, 0.5) is 11.4 Å². The van der Waals surface area contributed by atoms with E-state index in [-0.39, 0.29) is 11.0 Å². The van der Waals surface area contributed by atoms with Gasteiger partial charge in [-0.15, -0.1) is 10.2 Å². The van der Waals surface area contributed by atoms with Crippen molar-refractivity contribution < 1.29 is 14.3 Å². The molecule has 0 saturated carbocycles. The number of amides is 1. The number of carbonyl (C=O) groups excluding carboxylic acids is 1.